The van der Waals surface area contributed by atoms with Crippen molar-refractivity contribution in [2.45, 2.75) is 33.1 Å². The molecule has 0 aromatic heterocycles. The Labute approximate surface area is 152 Å². The highest BCUT2D eigenvalue weighted by molar-refractivity contribution is 5.79. The molecule has 0 N–H and O–H groups in total. The lowest BCUT2D eigenvalue weighted by Gasteiger charge is -2.34. The van der Waals surface area contributed by atoms with Gasteiger partial charge in [0.2, 0.25) is 0 Å². The highest BCUT2D eigenvalue weighted by atomic mass is 15.5. The van der Waals surface area contributed by atoms with Crippen LogP contribution in [0.4, 0.5) is 5.69 Å². The number of benzene rings is 2. The van der Waals surface area contributed by atoms with Gasteiger partial charge in [-0.25, -0.2) is 0 Å². The first kappa shape index (κ1) is 17.5. The van der Waals surface area contributed by atoms with Gasteiger partial charge in [0.1, 0.15) is 0 Å². The van der Waals surface area contributed by atoms with Gasteiger partial charge in [-0.3, -0.25) is 5.01 Å². The average Bonchev–Trinajstić information content (AvgIpc) is 2.61. The largest absolute Gasteiger partial charge is 0.368 e. The number of anilines is 1. The van der Waals surface area contributed by atoms with Gasteiger partial charge < -0.3 is 4.90 Å². The third-order valence-electron chi connectivity index (χ3n) is 4.80. The number of piperazine rings is 1. The van der Waals surface area contributed by atoms with E-state index < -0.39 is 0 Å². The quantitative estimate of drug-likeness (QED) is 0.772. The van der Waals surface area contributed by atoms with Crippen LogP contribution in [-0.2, 0) is 5.41 Å². The van der Waals surface area contributed by atoms with E-state index in [0.717, 1.165) is 31.7 Å². The zero-order chi connectivity index (χ0) is 17.9. The second-order valence-corrected chi connectivity index (χ2v) is 7.89. The topological polar surface area (TPSA) is 18.8 Å². The summed E-state index contributed by atoms with van der Waals surface area (Å²) in [6.45, 7) is 12.8. The summed E-state index contributed by atoms with van der Waals surface area (Å²) < 4.78 is 0. The van der Waals surface area contributed by atoms with E-state index in [1.807, 2.05) is 6.21 Å². The van der Waals surface area contributed by atoms with Crippen LogP contribution < -0.4 is 4.90 Å². The molecule has 0 amide bonds. The maximum Gasteiger partial charge on any atom is 0.0542 e. The zero-order valence-corrected chi connectivity index (χ0v) is 15.9. The van der Waals surface area contributed by atoms with Crippen molar-refractivity contribution in [1.29, 1.82) is 0 Å². The molecule has 1 heterocycles. The van der Waals surface area contributed by atoms with Gasteiger partial charge in [0, 0.05) is 18.8 Å². The van der Waals surface area contributed by atoms with E-state index in [0.29, 0.717) is 0 Å². The molecule has 1 fully saturated rings. The Balaban J connectivity index is 1.55. The molecule has 132 valence electrons. The highest BCUT2D eigenvalue weighted by Crippen LogP contribution is 2.22. The maximum atomic E-state index is 4.67. The van der Waals surface area contributed by atoms with Crippen molar-refractivity contribution < 1.29 is 0 Å². The van der Waals surface area contributed by atoms with E-state index in [9.17, 15) is 0 Å². The van der Waals surface area contributed by atoms with Crippen LogP contribution in [0.2, 0.25) is 0 Å². The Kier molecular flexibility index (Phi) is 5.12. The summed E-state index contributed by atoms with van der Waals surface area (Å²) in [5.74, 6) is 0. The van der Waals surface area contributed by atoms with Crippen LogP contribution in [0.15, 0.2) is 53.6 Å². The number of rotatable bonds is 3. The van der Waals surface area contributed by atoms with E-state index in [1.54, 1.807) is 0 Å². The molecule has 0 atom stereocenters. The van der Waals surface area contributed by atoms with Gasteiger partial charge in [0.15, 0.2) is 0 Å². The standard InChI is InChI=1S/C22H29N3/c1-18-5-11-21(12-6-18)24-13-15-25(16-14-24)23-17-19-7-9-20(10-8-19)22(2,3)4/h5-12,17H,13-16H2,1-4H3/b23-17-. The molecule has 0 spiro atoms. The van der Waals surface area contributed by atoms with Gasteiger partial charge >= 0.3 is 0 Å². The lowest BCUT2D eigenvalue weighted by atomic mass is 9.87. The molecular weight excluding hydrogens is 306 g/mol. The van der Waals surface area contributed by atoms with Crippen molar-refractivity contribution in [3.8, 4) is 0 Å². The molecule has 3 rings (SSSR count). The average molecular weight is 335 g/mol. The molecule has 1 aliphatic heterocycles. The Hall–Kier alpha value is -2.29. The summed E-state index contributed by atoms with van der Waals surface area (Å²) in [5.41, 5.74) is 5.34. The first-order chi connectivity index (χ1) is 11.9. The fourth-order valence-corrected chi connectivity index (χ4v) is 3.04. The van der Waals surface area contributed by atoms with Crippen molar-refractivity contribution in [3.05, 3.63) is 65.2 Å². The van der Waals surface area contributed by atoms with E-state index in [-0.39, 0.29) is 5.41 Å². The molecule has 1 saturated heterocycles. The van der Waals surface area contributed by atoms with Crippen LogP contribution in [0.25, 0.3) is 0 Å². The highest BCUT2D eigenvalue weighted by Gasteiger charge is 2.15. The predicted octanol–water partition coefficient (Wildman–Crippen LogP) is 4.45. The van der Waals surface area contributed by atoms with Crippen LogP contribution in [0.5, 0.6) is 0 Å². The molecule has 0 radical (unpaired) electrons. The molecule has 2 aromatic carbocycles. The molecule has 0 saturated carbocycles. The second-order valence-electron chi connectivity index (χ2n) is 7.89. The smallest absolute Gasteiger partial charge is 0.0542 e. The third kappa shape index (κ3) is 4.62. The fourth-order valence-electron chi connectivity index (χ4n) is 3.04. The van der Waals surface area contributed by atoms with Crippen LogP contribution in [0.3, 0.4) is 0 Å². The van der Waals surface area contributed by atoms with Crippen molar-refractivity contribution in [3.63, 3.8) is 0 Å². The van der Waals surface area contributed by atoms with Crippen LogP contribution >= 0.6 is 0 Å². The van der Waals surface area contributed by atoms with E-state index >= 15 is 0 Å². The van der Waals surface area contributed by atoms with Gasteiger partial charge in [-0.1, -0.05) is 62.7 Å². The monoisotopic (exact) mass is 335 g/mol. The molecule has 3 nitrogen and oxygen atoms in total. The van der Waals surface area contributed by atoms with E-state index in [2.05, 4.69) is 91.2 Å². The predicted molar refractivity (Wildman–Crippen MR) is 108 cm³/mol. The second kappa shape index (κ2) is 7.30. The lowest BCUT2D eigenvalue weighted by Crippen LogP contribution is -2.44. The summed E-state index contributed by atoms with van der Waals surface area (Å²) in [4.78, 5) is 2.43. The number of hydrazone groups is 1. The number of aryl methyl sites for hydroxylation is 1. The van der Waals surface area contributed by atoms with E-state index in [1.165, 1.54) is 16.8 Å². The molecule has 0 aliphatic carbocycles. The third-order valence-corrected chi connectivity index (χ3v) is 4.80. The van der Waals surface area contributed by atoms with Crippen LogP contribution in [-0.4, -0.2) is 37.4 Å². The van der Waals surface area contributed by atoms with Gasteiger partial charge in [0.25, 0.3) is 0 Å². The zero-order valence-electron chi connectivity index (χ0n) is 15.9. The maximum absolute atomic E-state index is 4.67. The summed E-state index contributed by atoms with van der Waals surface area (Å²) in [7, 11) is 0. The molecule has 3 heteroatoms. The first-order valence-corrected chi connectivity index (χ1v) is 9.13. The number of nitrogens with zero attached hydrogens (tertiary/aromatic N) is 3. The molecule has 2 aromatic rings. The number of hydrogen-bond donors (Lipinski definition) is 0. The molecule has 1 aliphatic rings. The lowest BCUT2D eigenvalue weighted by molar-refractivity contribution is 0.272. The number of hydrogen-bond acceptors (Lipinski definition) is 3. The van der Waals surface area contributed by atoms with Gasteiger partial charge in [0.05, 0.1) is 19.3 Å². The molecule has 25 heavy (non-hydrogen) atoms. The summed E-state index contributed by atoms with van der Waals surface area (Å²) in [5, 5.41) is 6.84. The van der Waals surface area contributed by atoms with Gasteiger partial charge in [-0.2, -0.15) is 5.10 Å². The molecular formula is C22H29N3. The molecule has 0 unspecified atom stereocenters. The Morgan fingerprint density at radius 1 is 0.840 bits per heavy atom. The minimum absolute atomic E-state index is 0.196. The Bertz CT molecular complexity index is 700. The Morgan fingerprint density at radius 3 is 2.00 bits per heavy atom. The SMILES string of the molecule is Cc1ccc(N2CCN(/N=C\c3ccc(C(C)(C)C)cc3)CC2)cc1. The summed E-state index contributed by atoms with van der Waals surface area (Å²) in [6, 6.07) is 17.5. The summed E-state index contributed by atoms with van der Waals surface area (Å²) >= 11 is 0. The minimum atomic E-state index is 0.196. The summed E-state index contributed by atoms with van der Waals surface area (Å²) in [6.07, 6.45) is 1.98. The van der Waals surface area contributed by atoms with Crippen LogP contribution in [0, 0.1) is 6.92 Å². The normalized spacial score (nSPS) is 15.8. The van der Waals surface area contributed by atoms with Crippen molar-refractivity contribution in [2.75, 3.05) is 31.1 Å². The first-order valence-electron chi connectivity index (χ1n) is 9.13. The van der Waals surface area contributed by atoms with Gasteiger partial charge in [-0.05, 0) is 35.6 Å². The van der Waals surface area contributed by atoms with Crippen LogP contribution in [0.1, 0.15) is 37.5 Å². The fraction of sp³-hybridized carbons (Fsp3) is 0.409. The minimum Gasteiger partial charge on any atom is -0.368 e. The van der Waals surface area contributed by atoms with Crippen molar-refractivity contribution in [2.24, 2.45) is 5.10 Å². The van der Waals surface area contributed by atoms with Crippen molar-refractivity contribution in [1.82, 2.24) is 5.01 Å². The molecule has 0 bridgehead atoms. The van der Waals surface area contributed by atoms with Gasteiger partial charge in [-0.15, -0.1) is 0 Å². The van der Waals surface area contributed by atoms with E-state index in [4.69, 9.17) is 0 Å². The van der Waals surface area contributed by atoms with Crippen molar-refractivity contribution >= 4 is 11.9 Å². The Morgan fingerprint density at radius 2 is 1.44 bits per heavy atom.